The highest BCUT2D eigenvalue weighted by molar-refractivity contribution is 5.71. The summed E-state index contributed by atoms with van der Waals surface area (Å²) in [6.07, 6.45) is 0.799. The molecule has 0 bridgehead atoms. The molecule has 0 aliphatic heterocycles. The lowest BCUT2D eigenvalue weighted by Gasteiger charge is -1.76. The highest BCUT2D eigenvalue weighted by Gasteiger charge is 1.87. The summed E-state index contributed by atoms with van der Waals surface area (Å²) in [7, 11) is 0. The SMILES string of the molecule is CCO.Cc1ccc(C=O)[nH]1.[HH]. The van der Waals surface area contributed by atoms with Crippen molar-refractivity contribution < 1.29 is 11.3 Å². The summed E-state index contributed by atoms with van der Waals surface area (Å²) in [6, 6.07) is 3.62. The number of aldehydes is 1. The molecule has 0 aliphatic carbocycles. The first-order chi connectivity index (χ1) is 5.24. The van der Waals surface area contributed by atoms with Gasteiger partial charge in [-0.05, 0) is 26.0 Å². The monoisotopic (exact) mass is 157 g/mol. The number of aryl methyl sites for hydroxylation is 1. The maximum Gasteiger partial charge on any atom is 0.166 e. The summed E-state index contributed by atoms with van der Waals surface area (Å²) >= 11 is 0. The zero-order valence-corrected chi connectivity index (χ0v) is 6.79. The van der Waals surface area contributed by atoms with E-state index in [-0.39, 0.29) is 8.03 Å². The largest absolute Gasteiger partial charge is 0.397 e. The van der Waals surface area contributed by atoms with Gasteiger partial charge in [-0.15, -0.1) is 0 Å². The van der Waals surface area contributed by atoms with Crippen LogP contribution < -0.4 is 0 Å². The van der Waals surface area contributed by atoms with Crippen molar-refractivity contribution in [2.45, 2.75) is 13.8 Å². The molecule has 0 atom stereocenters. The Morgan fingerprint density at radius 2 is 2.27 bits per heavy atom. The smallest absolute Gasteiger partial charge is 0.166 e. The fourth-order valence-corrected chi connectivity index (χ4v) is 0.595. The molecular formula is C8H15NO2. The number of aliphatic hydroxyl groups is 1. The summed E-state index contributed by atoms with van der Waals surface area (Å²) in [5, 5.41) is 7.57. The van der Waals surface area contributed by atoms with Crippen molar-refractivity contribution in [3.05, 3.63) is 23.5 Å². The van der Waals surface area contributed by atoms with Crippen molar-refractivity contribution in [1.82, 2.24) is 4.98 Å². The van der Waals surface area contributed by atoms with Crippen LogP contribution in [0.3, 0.4) is 0 Å². The summed E-state index contributed by atoms with van der Waals surface area (Å²) in [5.74, 6) is 0. The van der Waals surface area contributed by atoms with E-state index in [0.717, 1.165) is 12.0 Å². The van der Waals surface area contributed by atoms with E-state index < -0.39 is 0 Å². The standard InChI is InChI=1S/C6H7NO.C2H6O.H2/c1-5-2-3-6(4-8)7-5;1-2-3;/h2-4,7H,1H3;3H,2H2,1H3;1H. The van der Waals surface area contributed by atoms with Crippen LogP contribution in [-0.2, 0) is 0 Å². The highest BCUT2D eigenvalue weighted by Crippen LogP contribution is 1.94. The van der Waals surface area contributed by atoms with Crippen LogP contribution in [-0.4, -0.2) is 23.0 Å². The third-order valence-electron chi connectivity index (χ3n) is 0.981. The fourth-order valence-electron chi connectivity index (χ4n) is 0.595. The zero-order chi connectivity index (χ0) is 8.69. The predicted octanol–water partition coefficient (Wildman–Crippen LogP) is 1.38. The molecule has 1 heterocycles. The van der Waals surface area contributed by atoms with Gasteiger partial charge in [0.1, 0.15) is 0 Å². The van der Waals surface area contributed by atoms with E-state index in [9.17, 15) is 4.79 Å². The number of carbonyl (C=O) groups is 1. The molecule has 0 saturated heterocycles. The quantitative estimate of drug-likeness (QED) is 0.605. The molecule has 3 heteroatoms. The molecule has 0 saturated carbocycles. The average Bonchev–Trinajstić information content (AvgIpc) is 2.37. The number of aromatic nitrogens is 1. The maximum atomic E-state index is 9.99. The molecule has 64 valence electrons. The number of aromatic amines is 1. The molecule has 3 nitrogen and oxygen atoms in total. The third-order valence-corrected chi connectivity index (χ3v) is 0.981. The molecule has 2 N–H and O–H groups in total. The topological polar surface area (TPSA) is 53.1 Å². The van der Waals surface area contributed by atoms with Crippen molar-refractivity contribution in [3.63, 3.8) is 0 Å². The van der Waals surface area contributed by atoms with Gasteiger partial charge in [0.05, 0.1) is 5.69 Å². The van der Waals surface area contributed by atoms with Gasteiger partial charge in [0.15, 0.2) is 6.29 Å². The summed E-state index contributed by atoms with van der Waals surface area (Å²) in [5.41, 5.74) is 1.66. The van der Waals surface area contributed by atoms with Crippen LogP contribution in [0.2, 0.25) is 0 Å². The van der Waals surface area contributed by atoms with E-state index in [0.29, 0.717) is 5.69 Å². The van der Waals surface area contributed by atoms with E-state index in [1.165, 1.54) is 0 Å². The van der Waals surface area contributed by atoms with Crippen LogP contribution in [0.5, 0.6) is 0 Å². The number of carbonyl (C=O) groups excluding carboxylic acids is 1. The van der Waals surface area contributed by atoms with E-state index in [1.807, 2.05) is 13.0 Å². The average molecular weight is 157 g/mol. The minimum absolute atomic E-state index is 0. The van der Waals surface area contributed by atoms with Gasteiger partial charge in [0.2, 0.25) is 0 Å². The lowest BCUT2D eigenvalue weighted by atomic mass is 10.5. The van der Waals surface area contributed by atoms with Crippen molar-refractivity contribution in [2.75, 3.05) is 6.61 Å². The van der Waals surface area contributed by atoms with Crippen molar-refractivity contribution in [2.24, 2.45) is 0 Å². The Morgan fingerprint density at radius 3 is 2.45 bits per heavy atom. The Kier molecular flexibility index (Phi) is 5.11. The van der Waals surface area contributed by atoms with E-state index in [4.69, 9.17) is 5.11 Å². The molecule has 1 aromatic rings. The zero-order valence-electron chi connectivity index (χ0n) is 6.79. The van der Waals surface area contributed by atoms with E-state index in [1.54, 1.807) is 13.0 Å². The Balaban J connectivity index is 0. The minimum Gasteiger partial charge on any atom is -0.397 e. The normalized spacial score (nSPS) is 8.27. The van der Waals surface area contributed by atoms with Crippen LogP contribution in [0.1, 0.15) is 24.5 Å². The molecule has 0 fully saturated rings. The fraction of sp³-hybridized carbons (Fsp3) is 0.375. The molecule has 0 amide bonds. The van der Waals surface area contributed by atoms with Crippen molar-refractivity contribution in [3.8, 4) is 0 Å². The molecular weight excluding hydrogens is 142 g/mol. The van der Waals surface area contributed by atoms with Crippen molar-refractivity contribution in [1.29, 1.82) is 0 Å². The Bertz CT molecular complexity index is 211. The minimum atomic E-state index is 0. The number of hydrogen-bond donors (Lipinski definition) is 2. The molecule has 11 heavy (non-hydrogen) atoms. The number of hydrogen-bond acceptors (Lipinski definition) is 2. The van der Waals surface area contributed by atoms with Crippen LogP contribution in [0.4, 0.5) is 0 Å². The lowest BCUT2D eigenvalue weighted by Crippen LogP contribution is -1.76. The van der Waals surface area contributed by atoms with E-state index >= 15 is 0 Å². The van der Waals surface area contributed by atoms with Crippen LogP contribution in [0.25, 0.3) is 0 Å². The second kappa shape index (κ2) is 5.68. The summed E-state index contributed by atoms with van der Waals surface area (Å²) < 4.78 is 0. The number of rotatable bonds is 1. The molecule has 0 aromatic carbocycles. The first-order valence-electron chi connectivity index (χ1n) is 3.46. The van der Waals surface area contributed by atoms with Crippen LogP contribution in [0.15, 0.2) is 12.1 Å². The van der Waals surface area contributed by atoms with Crippen LogP contribution >= 0.6 is 0 Å². The van der Waals surface area contributed by atoms with Gasteiger partial charge < -0.3 is 10.1 Å². The second-order valence-corrected chi connectivity index (χ2v) is 2.03. The third kappa shape index (κ3) is 4.33. The molecule has 0 unspecified atom stereocenters. The van der Waals surface area contributed by atoms with Gasteiger partial charge in [-0.1, -0.05) is 0 Å². The number of aliphatic hydroxyl groups excluding tert-OH is 1. The van der Waals surface area contributed by atoms with Gasteiger partial charge in [0.25, 0.3) is 0 Å². The van der Waals surface area contributed by atoms with Gasteiger partial charge in [-0.2, -0.15) is 0 Å². The number of H-pyrrole nitrogens is 1. The molecule has 1 rings (SSSR count). The molecule has 0 spiro atoms. The van der Waals surface area contributed by atoms with Crippen molar-refractivity contribution >= 4 is 6.29 Å². The van der Waals surface area contributed by atoms with Gasteiger partial charge in [-0.3, -0.25) is 4.79 Å². The maximum absolute atomic E-state index is 9.99. The second-order valence-electron chi connectivity index (χ2n) is 2.03. The Hall–Kier alpha value is -1.09. The summed E-state index contributed by atoms with van der Waals surface area (Å²) in [6.45, 7) is 3.84. The Morgan fingerprint density at radius 1 is 1.73 bits per heavy atom. The predicted molar refractivity (Wildman–Crippen MR) is 45.8 cm³/mol. The Labute approximate surface area is 67.5 Å². The molecule has 0 aliphatic rings. The number of nitrogens with one attached hydrogen (secondary N) is 1. The summed E-state index contributed by atoms with van der Waals surface area (Å²) in [4.78, 5) is 12.8. The van der Waals surface area contributed by atoms with Gasteiger partial charge >= 0.3 is 0 Å². The first kappa shape index (κ1) is 9.91. The molecule has 1 aromatic heterocycles. The van der Waals surface area contributed by atoms with Gasteiger partial charge in [0, 0.05) is 13.7 Å². The van der Waals surface area contributed by atoms with Crippen LogP contribution in [0, 0.1) is 6.92 Å². The molecule has 0 radical (unpaired) electrons. The van der Waals surface area contributed by atoms with Gasteiger partial charge in [-0.25, -0.2) is 0 Å². The lowest BCUT2D eigenvalue weighted by molar-refractivity contribution is 0.111. The van der Waals surface area contributed by atoms with E-state index in [2.05, 4.69) is 4.98 Å². The first-order valence-corrected chi connectivity index (χ1v) is 3.46. The highest BCUT2D eigenvalue weighted by atomic mass is 16.2.